The molecule has 0 N–H and O–H groups in total. The lowest BCUT2D eigenvalue weighted by molar-refractivity contribution is 0.463. The highest BCUT2D eigenvalue weighted by molar-refractivity contribution is 8.25. The van der Waals surface area contributed by atoms with Crippen LogP contribution in [-0.4, -0.2) is 9.97 Å². The molecule has 0 saturated heterocycles. The Balaban J connectivity index is 1.36. The molecule has 3 heterocycles. The van der Waals surface area contributed by atoms with Crippen LogP contribution in [0.25, 0.3) is 11.1 Å². The van der Waals surface area contributed by atoms with Crippen molar-refractivity contribution >= 4 is 58.2 Å². The Bertz CT molecular complexity index is 1280. The van der Waals surface area contributed by atoms with Gasteiger partial charge in [0.2, 0.25) is 0 Å². The molecule has 1 saturated carbocycles. The summed E-state index contributed by atoms with van der Waals surface area (Å²) in [6, 6.07) is 17.6. The first kappa shape index (κ1) is 19.4. The normalized spacial score (nSPS) is 28.2. The van der Waals surface area contributed by atoms with Crippen molar-refractivity contribution in [2.75, 3.05) is 0 Å². The Morgan fingerprint density at radius 1 is 0.576 bits per heavy atom. The summed E-state index contributed by atoms with van der Waals surface area (Å²) in [5.74, 6) is 2.16. The van der Waals surface area contributed by atoms with Gasteiger partial charge in [0, 0.05) is 55.0 Å². The van der Waals surface area contributed by atoms with E-state index in [9.17, 15) is 0 Å². The molecule has 2 aromatic carbocycles. The van der Waals surface area contributed by atoms with Gasteiger partial charge in [0.25, 0.3) is 0 Å². The molecule has 6 heteroatoms. The number of allylic oxidation sites excluding steroid dienone is 4. The fraction of sp³-hybridized carbons (Fsp3) is 0.185. The molecule has 2 nitrogen and oxygen atoms in total. The highest BCUT2D eigenvalue weighted by atomic mass is 32.2. The summed E-state index contributed by atoms with van der Waals surface area (Å²) in [6.45, 7) is 0. The minimum absolute atomic E-state index is 0.487. The molecule has 1 fully saturated rings. The lowest BCUT2D eigenvalue weighted by atomic mass is 9.69. The first-order valence-corrected chi connectivity index (χ1v) is 14.5. The van der Waals surface area contributed by atoms with Gasteiger partial charge in [0.15, 0.2) is 0 Å². The number of benzene rings is 2. The van der Waals surface area contributed by atoms with Crippen molar-refractivity contribution in [2.24, 2.45) is 23.7 Å². The predicted octanol–water partition coefficient (Wildman–Crippen LogP) is 8.06. The van der Waals surface area contributed by atoms with Gasteiger partial charge in [-0.25, -0.2) is 0 Å². The molecule has 4 atom stereocenters. The summed E-state index contributed by atoms with van der Waals surface area (Å²) in [7, 11) is 0. The number of hydrogen-bond acceptors (Lipinski definition) is 6. The molecular formula is C27H18N2S4. The van der Waals surface area contributed by atoms with Crippen molar-refractivity contribution in [2.45, 2.75) is 26.0 Å². The van der Waals surface area contributed by atoms with Gasteiger partial charge < -0.3 is 0 Å². The smallest absolute Gasteiger partial charge is 0.0942 e. The zero-order valence-corrected chi connectivity index (χ0v) is 20.7. The van der Waals surface area contributed by atoms with Gasteiger partial charge in [-0.05, 0) is 42.5 Å². The number of hydrogen-bond donors (Lipinski definition) is 0. The molecule has 1 aromatic heterocycles. The number of fused-ring (bicyclic) bond motifs is 8. The Morgan fingerprint density at radius 2 is 0.970 bits per heavy atom. The monoisotopic (exact) mass is 498 g/mol. The summed E-state index contributed by atoms with van der Waals surface area (Å²) < 4.78 is 2.82. The van der Waals surface area contributed by atoms with Crippen LogP contribution in [0, 0.1) is 23.7 Å². The summed E-state index contributed by atoms with van der Waals surface area (Å²) in [4.78, 5) is 15.5. The highest BCUT2D eigenvalue weighted by Crippen LogP contribution is 2.67. The van der Waals surface area contributed by atoms with Gasteiger partial charge in [-0.1, -0.05) is 83.5 Å². The maximum atomic E-state index is 5.00. The largest absolute Gasteiger partial charge is 0.253 e. The molecule has 4 unspecified atom stereocenters. The maximum absolute atomic E-state index is 5.00. The van der Waals surface area contributed by atoms with Crippen LogP contribution in [0.1, 0.15) is 17.8 Å². The van der Waals surface area contributed by atoms with Crippen LogP contribution in [0.5, 0.6) is 0 Å². The first-order chi connectivity index (χ1) is 16.3. The quantitative estimate of drug-likeness (QED) is 0.291. The minimum Gasteiger partial charge on any atom is -0.253 e. The van der Waals surface area contributed by atoms with E-state index in [0.29, 0.717) is 23.7 Å². The lowest BCUT2D eigenvalue weighted by Crippen LogP contribution is -2.29. The van der Waals surface area contributed by atoms with E-state index in [1.807, 2.05) is 59.4 Å². The summed E-state index contributed by atoms with van der Waals surface area (Å²) >= 11 is 7.72. The van der Waals surface area contributed by atoms with Gasteiger partial charge in [0.05, 0.1) is 19.9 Å². The van der Waals surface area contributed by atoms with Gasteiger partial charge in [-0.3, -0.25) is 9.97 Å². The number of aromatic nitrogens is 2. The lowest BCUT2D eigenvalue weighted by Gasteiger charge is -2.38. The molecule has 33 heavy (non-hydrogen) atoms. The van der Waals surface area contributed by atoms with E-state index in [2.05, 4.69) is 60.7 Å². The van der Waals surface area contributed by atoms with E-state index in [-0.39, 0.29) is 0 Å². The van der Waals surface area contributed by atoms with Crippen molar-refractivity contribution in [3.8, 4) is 0 Å². The molecule has 0 amide bonds. The van der Waals surface area contributed by atoms with Crippen LogP contribution in [0.2, 0.25) is 0 Å². The van der Waals surface area contributed by atoms with E-state index in [1.165, 1.54) is 45.6 Å². The van der Waals surface area contributed by atoms with Crippen molar-refractivity contribution < 1.29 is 0 Å². The second kappa shape index (κ2) is 7.32. The molecule has 2 aliphatic heterocycles. The SMILES string of the molecule is C1=CC2CC1C1C(=C3Sc4ccccc4S3)c3nccnc3C(=C3Sc4ccccc4S3)C21. The van der Waals surface area contributed by atoms with Gasteiger partial charge in [0.1, 0.15) is 0 Å². The van der Waals surface area contributed by atoms with E-state index < -0.39 is 0 Å². The Morgan fingerprint density at radius 3 is 1.36 bits per heavy atom. The summed E-state index contributed by atoms with van der Waals surface area (Å²) in [5.41, 5.74) is 5.12. The fourth-order valence-electron chi connectivity index (χ4n) is 6.02. The first-order valence-electron chi connectivity index (χ1n) is 11.2. The van der Waals surface area contributed by atoms with E-state index in [4.69, 9.17) is 9.97 Å². The van der Waals surface area contributed by atoms with Crippen LogP contribution in [0.15, 0.2) is 101 Å². The van der Waals surface area contributed by atoms with Crippen molar-refractivity contribution in [1.82, 2.24) is 9.97 Å². The third-order valence-corrected chi connectivity index (χ3v) is 12.5. The molecule has 3 aliphatic carbocycles. The van der Waals surface area contributed by atoms with Crippen molar-refractivity contribution in [1.29, 1.82) is 0 Å². The third-order valence-electron chi connectivity index (χ3n) is 7.28. The van der Waals surface area contributed by atoms with Gasteiger partial charge in [-0.15, -0.1) is 0 Å². The molecular weight excluding hydrogens is 481 g/mol. The average molecular weight is 499 g/mol. The maximum Gasteiger partial charge on any atom is 0.0942 e. The zero-order chi connectivity index (χ0) is 21.5. The van der Waals surface area contributed by atoms with Crippen LogP contribution < -0.4 is 0 Å². The molecule has 160 valence electrons. The topological polar surface area (TPSA) is 25.8 Å². The number of nitrogens with zero attached hydrogens (tertiary/aromatic N) is 2. The molecule has 2 bridgehead atoms. The number of rotatable bonds is 0. The molecule has 3 aromatic rings. The van der Waals surface area contributed by atoms with Crippen LogP contribution in [-0.2, 0) is 0 Å². The number of thioether (sulfide) groups is 4. The standard InChI is InChI=1S/C27H18N2S4/c1-2-6-17-16(5-1)30-26(31-17)22-20-14-9-10-15(13-14)21(20)23(25-24(22)28-11-12-29-25)27-32-18-7-3-4-8-19(18)33-27/h1-12,14-15,20-21H,13H2. The Hall–Kier alpha value is -1.86. The highest BCUT2D eigenvalue weighted by Gasteiger charge is 2.54. The van der Waals surface area contributed by atoms with Gasteiger partial charge >= 0.3 is 0 Å². The van der Waals surface area contributed by atoms with E-state index >= 15 is 0 Å². The van der Waals surface area contributed by atoms with Crippen LogP contribution in [0.3, 0.4) is 0 Å². The second-order valence-electron chi connectivity index (χ2n) is 8.96. The van der Waals surface area contributed by atoms with E-state index in [1.54, 1.807) is 0 Å². The van der Waals surface area contributed by atoms with E-state index in [0.717, 1.165) is 11.4 Å². The predicted molar refractivity (Wildman–Crippen MR) is 140 cm³/mol. The van der Waals surface area contributed by atoms with Crippen LogP contribution in [0.4, 0.5) is 0 Å². The second-order valence-corrected chi connectivity index (χ2v) is 13.7. The Kier molecular flexibility index (Phi) is 4.31. The minimum atomic E-state index is 0.487. The molecule has 0 radical (unpaired) electrons. The Labute approximate surface area is 209 Å². The summed E-state index contributed by atoms with van der Waals surface area (Å²) in [5, 5.41) is 0. The fourth-order valence-corrected chi connectivity index (χ4v) is 11.4. The van der Waals surface area contributed by atoms with Gasteiger partial charge in [-0.2, -0.15) is 0 Å². The molecule has 5 aliphatic rings. The average Bonchev–Trinajstić information content (AvgIpc) is 3.64. The third kappa shape index (κ3) is 2.81. The molecule has 0 spiro atoms. The zero-order valence-electron chi connectivity index (χ0n) is 17.5. The molecule has 8 rings (SSSR count). The van der Waals surface area contributed by atoms with Crippen molar-refractivity contribution in [3.05, 3.63) is 92.9 Å². The van der Waals surface area contributed by atoms with Crippen molar-refractivity contribution in [3.63, 3.8) is 0 Å². The summed E-state index contributed by atoms with van der Waals surface area (Å²) in [6.07, 6.45) is 9.98. The van der Waals surface area contributed by atoms with Crippen LogP contribution >= 0.6 is 47.0 Å².